The standard InChI is InChI=1S/C18H20N6O/c1-14-4-2-5-15(10-14)24-12-17(20-21-24)18(25)22-8-3-6-16(11-22)23-9-7-19-13-23/h2,4-5,7,9-10,12-13,16H,3,6,8,11H2,1H3/t16-/m1/s1. The molecule has 1 aromatic carbocycles. The third-order valence-electron chi connectivity index (χ3n) is 4.61. The van der Waals surface area contributed by atoms with Gasteiger partial charge in [-0.1, -0.05) is 17.3 Å². The van der Waals surface area contributed by atoms with Gasteiger partial charge in [-0.15, -0.1) is 5.10 Å². The van der Waals surface area contributed by atoms with Gasteiger partial charge >= 0.3 is 0 Å². The number of rotatable bonds is 3. The third kappa shape index (κ3) is 3.17. The highest BCUT2D eigenvalue weighted by Gasteiger charge is 2.27. The van der Waals surface area contributed by atoms with Gasteiger partial charge in [0.25, 0.3) is 5.91 Å². The summed E-state index contributed by atoms with van der Waals surface area (Å²) in [4.78, 5) is 18.8. The van der Waals surface area contributed by atoms with Gasteiger partial charge in [-0.2, -0.15) is 0 Å². The van der Waals surface area contributed by atoms with Crippen molar-refractivity contribution in [2.24, 2.45) is 0 Å². The monoisotopic (exact) mass is 336 g/mol. The molecule has 25 heavy (non-hydrogen) atoms. The van der Waals surface area contributed by atoms with Gasteiger partial charge < -0.3 is 9.47 Å². The Kier molecular flexibility index (Phi) is 4.05. The number of amides is 1. The number of piperidine rings is 1. The number of benzene rings is 1. The number of hydrogen-bond donors (Lipinski definition) is 0. The molecule has 0 N–H and O–H groups in total. The van der Waals surface area contributed by atoms with Crippen molar-refractivity contribution in [3.8, 4) is 5.69 Å². The molecule has 7 heteroatoms. The van der Waals surface area contributed by atoms with E-state index in [0.29, 0.717) is 12.2 Å². The third-order valence-corrected chi connectivity index (χ3v) is 4.61. The Bertz CT molecular complexity index is 869. The number of aromatic nitrogens is 5. The molecule has 0 unspecified atom stereocenters. The zero-order chi connectivity index (χ0) is 17.2. The topological polar surface area (TPSA) is 68.8 Å². The van der Waals surface area contributed by atoms with Gasteiger partial charge in [-0.25, -0.2) is 9.67 Å². The number of carbonyl (C=O) groups excluding carboxylic acids is 1. The molecule has 0 radical (unpaired) electrons. The maximum atomic E-state index is 12.8. The zero-order valence-corrected chi connectivity index (χ0v) is 14.1. The molecule has 7 nitrogen and oxygen atoms in total. The number of nitrogens with zero attached hydrogens (tertiary/aromatic N) is 6. The van der Waals surface area contributed by atoms with Crippen LogP contribution in [0.2, 0.25) is 0 Å². The summed E-state index contributed by atoms with van der Waals surface area (Å²) in [7, 11) is 0. The molecule has 0 saturated carbocycles. The molecule has 0 aliphatic carbocycles. The Balaban J connectivity index is 1.51. The fourth-order valence-corrected chi connectivity index (χ4v) is 3.29. The lowest BCUT2D eigenvalue weighted by Crippen LogP contribution is -2.40. The first-order valence-corrected chi connectivity index (χ1v) is 8.47. The van der Waals surface area contributed by atoms with Crippen LogP contribution in [0.4, 0.5) is 0 Å². The van der Waals surface area contributed by atoms with E-state index >= 15 is 0 Å². The second kappa shape index (κ2) is 6.51. The van der Waals surface area contributed by atoms with Crippen LogP contribution in [0.1, 0.15) is 34.9 Å². The SMILES string of the molecule is Cc1cccc(-n2cc(C(=O)N3CCC[C@@H](n4ccnc4)C3)nn2)c1. The zero-order valence-electron chi connectivity index (χ0n) is 14.1. The smallest absolute Gasteiger partial charge is 0.276 e. The van der Waals surface area contributed by atoms with E-state index in [4.69, 9.17) is 0 Å². The van der Waals surface area contributed by atoms with Crippen molar-refractivity contribution in [2.75, 3.05) is 13.1 Å². The summed E-state index contributed by atoms with van der Waals surface area (Å²) in [5, 5.41) is 8.20. The molecule has 1 fully saturated rings. The van der Waals surface area contributed by atoms with Crippen LogP contribution in [0.15, 0.2) is 49.2 Å². The van der Waals surface area contributed by atoms with E-state index < -0.39 is 0 Å². The molecule has 2 aromatic heterocycles. The lowest BCUT2D eigenvalue weighted by molar-refractivity contribution is 0.0673. The minimum atomic E-state index is -0.0660. The summed E-state index contributed by atoms with van der Waals surface area (Å²) < 4.78 is 3.72. The van der Waals surface area contributed by atoms with E-state index in [9.17, 15) is 4.79 Å². The van der Waals surface area contributed by atoms with Gasteiger partial charge in [-0.05, 0) is 37.5 Å². The van der Waals surface area contributed by atoms with E-state index in [2.05, 4.69) is 19.9 Å². The fourth-order valence-electron chi connectivity index (χ4n) is 3.29. The summed E-state index contributed by atoms with van der Waals surface area (Å²) in [5.74, 6) is -0.0660. The van der Waals surface area contributed by atoms with Crippen molar-refractivity contribution in [1.29, 1.82) is 0 Å². The Morgan fingerprint density at radius 3 is 3.04 bits per heavy atom. The molecule has 1 aliphatic heterocycles. The first-order chi connectivity index (χ1) is 12.2. The molecule has 1 atom stereocenters. The van der Waals surface area contributed by atoms with E-state index in [-0.39, 0.29) is 11.9 Å². The van der Waals surface area contributed by atoms with Crippen molar-refractivity contribution < 1.29 is 4.79 Å². The van der Waals surface area contributed by atoms with Gasteiger partial charge in [0, 0.05) is 25.5 Å². The predicted molar refractivity (Wildman–Crippen MR) is 92.5 cm³/mol. The van der Waals surface area contributed by atoms with E-state index in [0.717, 1.165) is 30.6 Å². The van der Waals surface area contributed by atoms with Crippen LogP contribution < -0.4 is 0 Å². The van der Waals surface area contributed by atoms with Crippen molar-refractivity contribution in [3.63, 3.8) is 0 Å². The lowest BCUT2D eigenvalue weighted by atomic mass is 10.1. The normalized spacial score (nSPS) is 17.6. The average molecular weight is 336 g/mol. The summed E-state index contributed by atoms with van der Waals surface area (Å²) in [5.41, 5.74) is 2.43. The number of hydrogen-bond acceptors (Lipinski definition) is 4. The maximum Gasteiger partial charge on any atom is 0.276 e. The molecular weight excluding hydrogens is 316 g/mol. The Morgan fingerprint density at radius 1 is 1.32 bits per heavy atom. The molecular formula is C18H20N6O. The number of aryl methyl sites for hydroxylation is 1. The molecule has 0 bridgehead atoms. The van der Waals surface area contributed by atoms with Crippen molar-refractivity contribution in [1.82, 2.24) is 29.4 Å². The first-order valence-electron chi connectivity index (χ1n) is 8.47. The molecule has 0 spiro atoms. The van der Waals surface area contributed by atoms with Gasteiger partial charge in [-0.3, -0.25) is 4.79 Å². The van der Waals surface area contributed by atoms with E-state index in [1.54, 1.807) is 17.1 Å². The van der Waals surface area contributed by atoms with Crippen LogP contribution in [0.25, 0.3) is 5.69 Å². The molecule has 3 aromatic rings. The highest BCUT2D eigenvalue weighted by atomic mass is 16.2. The molecule has 1 saturated heterocycles. The summed E-state index contributed by atoms with van der Waals surface area (Å²) in [6.07, 6.45) is 9.27. The number of carbonyl (C=O) groups is 1. The molecule has 3 heterocycles. The number of likely N-dealkylation sites (tertiary alicyclic amines) is 1. The van der Waals surface area contributed by atoms with Crippen LogP contribution in [-0.4, -0.2) is 48.4 Å². The van der Waals surface area contributed by atoms with Crippen LogP contribution in [-0.2, 0) is 0 Å². The largest absolute Gasteiger partial charge is 0.335 e. The highest BCUT2D eigenvalue weighted by Crippen LogP contribution is 2.22. The highest BCUT2D eigenvalue weighted by molar-refractivity contribution is 5.92. The Morgan fingerprint density at radius 2 is 2.24 bits per heavy atom. The van der Waals surface area contributed by atoms with E-state index in [1.165, 1.54) is 0 Å². The summed E-state index contributed by atoms with van der Waals surface area (Å²) in [6.45, 7) is 3.45. The van der Waals surface area contributed by atoms with Crippen LogP contribution in [0, 0.1) is 6.92 Å². The van der Waals surface area contributed by atoms with Crippen LogP contribution in [0.5, 0.6) is 0 Å². The molecule has 4 rings (SSSR count). The predicted octanol–water partition coefficient (Wildman–Crippen LogP) is 2.25. The van der Waals surface area contributed by atoms with Crippen LogP contribution in [0.3, 0.4) is 0 Å². The minimum absolute atomic E-state index is 0.0660. The van der Waals surface area contributed by atoms with Gasteiger partial charge in [0.2, 0.25) is 0 Å². The summed E-state index contributed by atoms with van der Waals surface area (Å²) >= 11 is 0. The van der Waals surface area contributed by atoms with Crippen molar-refractivity contribution >= 4 is 5.91 Å². The lowest BCUT2D eigenvalue weighted by Gasteiger charge is -2.32. The minimum Gasteiger partial charge on any atom is -0.335 e. The molecule has 1 aliphatic rings. The van der Waals surface area contributed by atoms with Crippen molar-refractivity contribution in [3.05, 3.63) is 60.4 Å². The van der Waals surface area contributed by atoms with Crippen LogP contribution >= 0.6 is 0 Å². The second-order valence-electron chi connectivity index (χ2n) is 6.44. The van der Waals surface area contributed by atoms with E-state index in [1.807, 2.05) is 48.6 Å². The first kappa shape index (κ1) is 15.6. The second-order valence-corrected chi connectivity index (χ2v) is 6.44. The Hall–Kier alpha value is -2.96. The Labute approximate surface area is 145 Å². The fraction of sp³-hybridized carbons (Fsp3) is 0.333. The van der Waals surface area contributed by atoms with Gasteiger partial charge in [0.1, 0.15) is 0 Å². The quantitative estimate of drug-likeness (QED) is 0.736. The number of imidazole rings is 1. The molecule has 128 valence electrons. The average Bonchev–Trinajstić information content (AvgIpc) is 3.33. The van der Waals surface area contributed by atoms with Gasteiger partial charge in [0.15, 0.2) is 5.69 Å². The van der Waals surface area contributed by atoms with Gasteiger partial charge in [0.05, 0.1) is 24.3 Å². The molecule has 1 amide bonds. The van der Waals surface area contributed by atoms with Crippen molar-refractivity contribution in [2.45, 2.75) is 25.8 Å². The summed E-state index contributed by atoms with van der Waals surface area (Å²) in [6, 6.07) is 8.22. The maximum absolute atomic E-state index is 12.8.